The summed E-state index contributed by atoms with van der Waals surface area (Å²) in [6.45, 7) is -0.0911. The third kappa shape index (κ3) is 5.74. The van der Waals surface area contributed by atoms with E-state index in [4.69, 9.17) is 78.9 Å². The van der Waals surface area contributed by atoms with E-state index in [1.165, 1.54) is 19.3 Å². The van der Waals surface area contributed by atoms with Crippen molar-refractivity contribution in [2.24, 2.45) is 11.8 Å². The Morgan fingerprint density at radius 2 is 1.40 bits per heavy atom. The summed E-state index contributed by atoms with van der Waals surface area (Å²) >= 11 is 34.4. The fourth-order valence-electron chi connectivity index (χ4n) is 3.28. The molecular weight excluding hydrogens is 388 g/mol. The molecule has 2 aliphatic carbocycles. The van der Waals surface area contributed by atoms with E-state index >= 15 is 0 Å². The molecule has 116 valence electrons. The van der Waals surface area contributed by atoms with Gasteiger partial charge in [0.05, 0.1) is 13.2 Å². The molecule has 2 bridgehead atoms. The minimum Gasteiger partial charge on any atom is -0.406 e. The molecule has 2 nitrogen and oxygen atoms in total. The van der Waals surface area contributed by atoms with Crippen molar-refractivity contribution in [1.29, 1.82) is 0 Å². The fourth-order valence-corrected chi connectivity index (χ4v) is 3.65. The minimum atomic E-state index is -1.47. The molecule has 9 heteroatoms. The second-order valence-corrected chi connectivity index (χ2v) is 10.6. The zero-order valence-corrected chi connectivity index (χ0v) is 15.2. The van der Waals surface area contributed by atoms with Crippen LogP contribution in [0.4, 0.5) is 0 Å². The molecule has 0 aromatic carbocycles. The van der Waals surface area contributed by atoms with E-state index in [-0.39, 0.29) is 19.0 Å². The van der Waals surface area contributed by atoms with Crippen LogP contribution in [0, 0.1) is 11.8 Å². The van der Waals surface area contributed by atoms with Gasteiger partial charge in [-0.2, -0.15) is 0 Å². The molecule has 0 unspecified atom stereocenters. The fraction of sp³-hybridized carbons (Fsp3) is 1.00. The van der Waals surface area contributed by atoms with Gasteiger partial charge in [-0.25, -0.2) is 0 Å². The molecular formula is C11H15BCl6O2. The van der Waals surface area contributed by atoms with Crippen LogP contribution in [0.1, 0.15) is 25.7 Å². The van der Waals surface area contributed by atoms with Crippen LogP contribution in [0.25, 0.3) is 0 Å². The molecule has 0 saturated heterocycles. The lowest BCUT2D eigenvalue weighted by Crippen LogP contribution is -2.37. The van der Waals surface area contributed by atoms with Crippen molar-refractivity contribution in [3.8, 4) is 0 Å². The molecule has 20 heavy (non-hydrogen) atoms. The molecule has 0 amide bonds. The Bertz CT molecular complexity index is 314. The molecule has 0 aliphatic heterocycles. The molecule has 2 fully saturated rings. The average Bonchev–Trinajstić information content (AvgIpc) is 2.87. The first-order valence-electron chi connectivity index (χ1n) is 6.51. The Morgan fingerprint density at radius 1 is 0.850 bits per heavy atom. The normalized spacial score (nSPS) is 30.0. The van der Waals surface area contributed by atoms with Gasteiger partial charge >= 0.3 is 7.12 Å². The summed E-state index contributed by atoms with van der Waals surface area (Å²) in [5, 5.41) is 0. The molecule has 0 aromatic rings. The minimum absolute atomic E-state index is 0.0456. The van der Waals surface area contributed by atoms with Crippen molar-refractivity contribution in [1.82, 2.24) is 0 Å². The standard InChI is InChI=1S/C11H15BCl6O2/c13-10(14,15)5-19-12(20-6-11(16,17)18)9-4-7-1-2-8(9)3-7/h7-9H,1-6H2/t7-,8+,9+/m1/s1. The number of hydrogen-bond acceptors (Lipinski definition) is 2. The van der Waals surface area contributed by atoms with E-state index in [9.17, 15) is 0 Å². The van der Waals surface area contributed by atoms with Crippen molar-refractivity contribution in [3.05, 3.63) is 0 Å². The lowest BCUT2D eigenvalue weighted by atomic mass is 9.63. The third-order valence-corrected chi connectivity index (χ3v) is 4.62. The van der Waals surface area contributed by atoms with Gasteiger partial charge in [0.25, 0.3) is 0 Å². The van der Waals surface area contributed by atoms with Crippen molar-refractivity contribution >= 4 is 76.7 Å². The van der Waals surface area contributed by atoms with Gasteiger partial charge in [0, 0.05) is 0 Å². The molecule has 0 spiro atoms. The first-order chi connectivity index (χ1) is 9.14. The topological polar surface area (TPSA) is 18.5 Å². The number of fused-ring (bicyclic) bond motifs is 2. The first-order valence-corrected chi connectivity index (χ1v) is 8.77. The molecule has 0 N–H and O–H groups in total. The van der Waals surface area contributed by atoms with Gasteiger partial charge in [0.1, 0.15) is 0 Å². The Hall–Kier alpha value is 1.72. The van der Waals surface area contributed by atoms with Gasteiger partial charge in [0.15, 0.2) is 0 Å². The van der Waals surface area contributed by atoms with Crippen LogP contribution in [0.3, 0.4) is 0 Å². The smallest absolute Gasteiger partial charge is 0.406 e. The quantitative estimate of drug-likeness (QED) is 0.450. The van der Waals surface area contributed by atoms with E-state index in [0.29, 0.717) is 5.92 Å². The summed E-state index contributed by atoms with van der Waals surface area (Å²) in [5.41, 5.74) is 0. The maximum Gasteiger partial charge on any atom is 0.460 e. The van der Waals surface area contributed by atoms with Gasteiger partial charge in [-0.05, 0) is 30.5 Å². The second kappa shape index (κ2) is 7.09. The Labute approximate surface area is 149 Å². The molecule has 0 radical (unpaired) electrons. The van der Waals surface area contributed by atoms with Crippen molar-refractivity contribution < 1.29 is 9.31 Å². The van der Waals surface area contributed by atoms with E-state index < -0.39 is 14.7 Å². The van der Waals surface area contributed by atoms with Crippen LogP contribution in [0.15, 0.2) is 0 Å². The highest BCUT2D eigenvalue weighted by Crippen LogP contribution is 2.53. The van der Waals surface area contributed by atoms with Crippen LogP contribution in [0.2, 0.25) is 5.82 Å². The summed E-state index contributed by atoms with van der Waals surface area (Å²) in [6.07, 6.45) is 4.76. The van der Waals surface area contributed by atoms with Crippen LogP contribution in [0.5, 0.6) is 0 Å². The monoisotopic (exact) mass is 400 g/mol. The maximum atomic E-state index is 5.73. The van der Waals surface area contributed by atoms with Gasteiger partial charge in [-0.15, -0.1) is 0 Å². The SMILES string of the molecule is ClC(Cl)(Cl)COB(OCC(Cl)(Cl)Cl)[C@H]1C[C@@H]2CC[C@H]1C2. The van der Waals surface area contributed by atoms with Gasteiger partial charge < -0.3 is 9.31 Å². The lowest BCUT2D eigenvalue weighted by Gasteiger charge is -2.28. The first kappa shape index (κ1) is 18.1. The number of alkyl halides is 6. The predicted molar refractivity (Wildman–Crippen MR) is 87.4 cm³/mol. The highest BCUT2D eigenvalue weighted by Gasteiger charge is 2.48. The highest BCUT2D eigenvalue weighted by atomic mass is 35.6. The number of hydrogen-bond donors (Lipinski definition) is 0. The summed E-state index contributed by atoms with van der Waals surface area (Å²) in [5.74, 6) is 1.63. The molecule has 2 rings (SSSR count). The van der Waals surface area contributed by atoms with Crippen LogP contribution in [-0.2, 0) is 9.31 Å². The van der Waals surface area contributed by atoms with E-state index in [1.807, 2.05) is 0 Å². The van der Waals surface area contributed by atoms with Crippen LogP contribution in [-0.4, -0.2) is 27.9 Å². The van der Waals surface area contributed by atoms with Crippen molar-refractivity contribution in [3.63, 3.8) is 0 Å². The van der Waals surface area contributed by atoms with Crippen molar-refractivity contribution in [2.75, 3.05) is 13.2 Å². The van der Waals surface area contributed by atoms with E-state index in [1.54, 1.807) is 0 Å². The zero-order chi connectivity index (χ0) is 15.0. The zero-order valence-electron chi connectivity index (χ0n) is 10.6. The summed E-state index contributed by atoms with van der Waals surface area (Å²) in [4.78, 5) is 0. The maximum absolute atomic E-state index is 5.73. The van der Waals surface area contributed by atoms with E-state index in [0.717, 1.165) is 12.3 Å². The third-order valence-electron chi connectivity index (χ3n) is 3.96. The van der Waals surface area contributed by atoms with Crippen molar-refractivity contribution in [2.45, 2.75) is 39.1 Å². The highest BCUT2D eigenvalue weighted by molar-refractivity contribution is 6.68. The largest absolute Gasteiger partial charge is 0.460 e. The average molecular weight is 403 g/mol. The lowest BCUT2D eigenvalue weighted by molar-refractivity contribution is 0.183. The number of halogens is 6. The second-order valence-electron chi connectivity index (χ2n) is 5.56. The predicted octanol–water partition coefficient (Wildman–Crippen LogP) is 5.44. The van der Waals surface area contributed by atoms with Gasteiger partial charge in [-0.1, -0.05) is 82.4 Å². The number of rotatable bonds is 5. The van der Waals surface area contributed by atoms with Gasteiger partial charge in [0.2, 0.25) is 7.59 Å². The summed E-state index contributed by atoms with van der Waals surface area (Å²) in [7, 11) is -0.489. The molecule has 0 heterocycles. The van der Waals surface area contributed by atoms with Gasteiger partial charge in [-0.3, -0.25) is 0 Å². The summed E-state index contributed by atoms with van der Waals surface area (Å²) < 4.78 is 8.34. The molecule has 3 atom stereocenters. The van der Waals surface area contributed by atoms with E-state index in [2.05, 4.69) is 0 Å². The van der Waals surface area contributed by atoms with Crippen LogP contribution < -0.4 is 0 Å². The molecule has 2 saturated carbocycles. The summed E-state index contributed by atoms with van der Waals surface area (Å²) in [6, 6.07) is 0. The Balaban J connectivity index is 1.93. The Kier molecular flexibility index (Phi) is 6.41. The molecule has 0 aromatic heterocycles. The van der Waals surface area contributed by atoms with Crippen LogP contribution >= 0.6 is 69.6 Å². The Morgan fingerprint density at radius 3 is 1.75 bits per heavy atom. The molecule has 2 aliphatic rings.